The summed E-state index contributed by atoms with van der Waals surface area (Å²) in [4.78, 5) is 15.2. The molecule has 0 aromatic heterocycles. The molecule has 0 N–H and O–H groups in total. The molecular weight excluding hydrogens is 416 g/mol. The quantitative estimate of drug-likeness (QED) is 0.663. The highest BCUT2D eigenvalue weighted by atomic mass is 32.2. The maximum atomic E-state index is 13.6. The van der Waals surface area contributed by atoms with Gasteiger partial charge in [-0.05, 0) is 37.1 Å². The average molecular weight is 445 g/mol. The second kappa shape index (κ2) is 7.88. The van der Waals surface area contributed by atoms with Gasteiger partial charge in [0.05, 0.1) is 23.9 Å². The van der Waals surface area contributed by atoms with Gasteiger partial charge in [0.25, 0.3) is 0 Å². The maximum Gasteiger partial charge on any atom is 0.219 e. The number of carbonyl (C=O) groups is 1. The molecule has 8 nitrogen and oxygen atoms in total. The van der Waals surface area contributed by atoms with Crippen LogP contribution >= 0.6 is 0 Å². The van der Waals surface area contributed by atoms with Crippen LogP contribution < -0.4 is 4.74 Å². The van der Waals surface area contributed by atoms with Crippen LogP contribution in [0.25, 0.3) is 0 Å². The van der Waals surface area contributed by atoms with Crippen molar-refractivity contribution in [1.82, 2.24) is 9.80 Å². The Hall–Kier alpha value is -1.65. The van der Waals surface area contributed by atoms with Gasteiger partial charge in [-0.25, -0.2) is 16.8 Å². The van der Waals surface area contributed by atoms with Crippen molar-refractivity contribution in [2.45, 2.75) is 37.0 Å². The summed E-state index contributed by atoms with van der Waals surface area (Å²) in [7, 11) is -6.03. The van der Waals surface area contributed by atoms with Gasteiger partial charge in [0.1, 0.15) is 10.6 Å². The number of amides is 1. The molecule has 0 radical (unpaired) electrons. The molecule has 10 heteroatoms. The second-order valence-electron chi connectivity index (χ2n) is 7.86. The van der Waals surface area contributed by atoms with E-state index in [9.17, 15) is 21.6 Å². The lowest BCUT2D eigenvalue weighted by Crippen LogP contribution is -2.55. The van der Waals surface area contributed by atoms with Crippen LogP contribution in [-0.2, 0) is 24.5 Å². The van der Waals surface area contributed by atoms with Crippen molar-refractivity contribution in [2.75, 3.05) is 44.8 Å². The molecule has 2 heterocycles. The lowest BCUT2D eigenvalue weighted by atomic mass is 10.1. The van der Waals surface area contributed by atoms with E-state index in [1.165, 1.54) is 14.0 Å². The smallest absolute Gasteiger partial charge is 0.219 e. The van der Waals surface area contributed by atoms with Gasteiger partial charge in [-0.2, -0.15) is 0 Å². The Bertz CT molecular complexity index is 1010. The molecule has 2 atom stereocenters. The standard InChI is InChI=1S/C19H28N2O6S2/c1-13-9-17(27-4)18(10-14(13)2)29(25,26)19-12-28(23,24)11-16(19)21-7-5-20(6-8-21)15(3)22/h9-10,16,19H,5-8,11-12H2,1-4H3/t16-,19-/m0/s1. The molecule has 2 aliphatic heterocycles. The predicted octanol–water partition coefficient (Wildman–Crippen LogP) is 0.415. The van der Waals surface area contributed by atoms with E-state index in [2.05, 4.69) is 0 Å². The Morgan fingerprint density at radius 2 is 1.66 bits per heavy atom. The molecule has 0 saturated carbocycles. The van der Waals surface area contributed by atoms with Crippen molar-refractivity contribution in [2.24, 2.45) is 0 Å². The Kier molecular flexibility index (Phi) is 5.99. The van der Waals surface area contributed by atoms with E-state index < -0.39 is 36.7 Å². The summed E-state index contributed by atoms with van der Waals surface area (Å²) in [6.07, 6.45) is 0. The van der Waals surface area contributed by atoms with Crippen molar-refractivity contribution in [3.63, 3.8) is 0 Å². The van der Waals surface area contributed by atoms with Crippen molar-refractivity contribution >= 4 is 25.6 Å². The molecule has 0 aliphatic carbocycles. The molecule has 162 valence electrons. The predicted molar refractivity (Wildman–Crippen MR) is 110 cm³/mol. The molecule has 2 aliphatic rings. The van der Waals surface area contributed by atoms with Crippen LogP contribution in [0.2, 0.25) is 0 Å². The number of ether oxygens (including phenoxy) is 1. The first-order valence-electron chi connectivity index (χ1n) is 9.55. The van der Waals surface area contributed by atoms with Crippen LogP contribution in [0.5, 0.6) is 5.75 Å². The lowest BCUT2D eigenvalue weighted by molar-refractivity contribution is -0.130. The first-order chi connectivity index (χ1) is 13.5. The summed E-state index contributed by atoms with van der Waals surface area (Å²) >= 11 is 0. The molecule has 29 heavy (non-hydrogen) atoms. The third-order valence-electron chi connectivity index (χ3n) is 5.99. The first-order valence-corrected chi connectivity index (χ1v) is 12.9. The number of hydrogen-bond donors (Lipinski definition) is 0. The monoisotopic (exact) mass is 444 g/mol. The Balaban J connectivity index is 1.97. The summed E-state index contributed by atoms with van der Waals surface area (Å²) in [5.74, 6) is -0.391. The van der Waals surface area contributed by atoms with Crippen LogP contribution in [0.4, 0.5) is 0 Å². The maximum absolute atomic E-state index is 13.6. The molecule has 0 spiro atoms. The molecule has 0 bridgehead atoms. The molecule has 3 rings (SSSR count). The van der Waals surface area contributed by atoms with E-state index in [-0.39, 0.29) is 22.3 Å². The van der Waals surface area contributed by atoms with Crippen LogP contribution in [0.3, 0.4) is 0 Å². The number of nitrogens with zero attached hydrogens (tertiary/aromatic N) is 2. The van der Waals surface area contributed by atoms with Gasteiger partial charge in [0.2, 0.25) is 5.91 Å². The number of sulfone groups is 2. The number of carbonyl (C=O) groups excluding carboxylic acids is 1. The zero-order valence-corrected chi connectivity index (χ0v) is 18.8. The van der Waals surface area contributed by atoms with Crippen LogP contribution in [0, 0.1) is 13.8 Å². The van der Waals surface area contributed by atoms with E-state index in [4.69, 9.17) is 4.74 Å². The van der Waals surface area contributed by atoms with E-state index in [0.29, 0.717) is 26.2 Å². The molecular formula is C19H28N2O6S2. The molecule has 0 unspecified atom stereocenters. The third kappa shape index (κ3) is 4.29. The number of methoxy groups -OCH3 is 1. The van der Waals surface area contributed by atoms with Crippen molar-refractivity contribution in [3.05, 3.63) is 23.3 Å². The van der Waals surface area contributed by atoms with Gasteiger partial charge in [0, 0.05) is 39.1 Å². The lowest BCUT2D eigenvalue weighted by Gasteiger charge is -2.39. The molecule has 1 aromatic rings. The van der Waals surface area contributed by atoms with E-state index in [1.54, 1.807) is 17.0 Å². The Morgan fingerprint density at radius 1 is 1.07 bits per heavy atom. The zero-order valence-electron chi connectivity index (χ0n) is 17.2. The van der Waals surface area contributed by atoms with Gasteiger partial charge in [-0.3, -0.25) is 9.69 Å². The minimum Gasteiger partial charge on any atom is -0.495 e. The number of piperazine rings is 1. The summed E-state index contributed by atoms with van der Waals surface area (Å²) in [5, 5.41) is -1.06. The van der Waals surface area contributed by atoms with E-state index >= 15 is 0 Å². The van der Waals surface area contributed by atoms with Crippen molar-refractivity contribution in [3.8, 4) is 5.75 Å². The number of rotatable bonds is 4. The number of benzene rings is 1. The minimum atomic E-state index is -3.95. The summed E-state index contributed by atoms with van der Waals surface area (Å²) < 4.78 is 57.3. The highest BCUT2D eigenvalue weighted by Crippen LogP contribution is 2.35. The SMILES string of the molecule is COc1cc(C)c(C)cc1S(=O)(=O)[C@H]1CS(=O)(=O)C[C@@H]1N1CCN(C(C)=O)CC1. The van der Waals surface area contributed by atoms with Crippen LogP contribution in [0.1, 0.15) is 18.1 Å². The largest absolute Gasteiger partial charge is 0.495 e. The third-order valence-corrected chi connectivity index (χ3v) is 10.1. The Morgan fingerprint density at radius 3 is 2.21 bits per heavy atom. The summed E-state index contributed by atoms with van der Waals surface area (Å²) in [6.45, 7) is 7.01. The van der Waals surface area contributed by atoms with E-state index in [1.807, 2.05) is 18.7 Å². The normalized spacial score (nSPS) is 25.2. The molecule has 2 saturated heterocycles. The number of aryl methyl sites for hydroxylation is 2. The average Bonchev–Trinajstić information content (AvgIpc) is 3.00. The van der Waals surface area contributed by atoms with Crippen LogP contribution in [0.15, 0.2) is 17.0 Å². The fourth-order valence-corrected chi connectivity index (χ4v) is 9.16. The van der Waals surface area contributed by atoms with Gasteiger partial charge in [0.15, 0.2) is 19.7 Å². The van der Waals surface area contributed by atoms with Crippen LogP contribution in [-0.4, -0.2) is 88.6 Å². The topological polar surface area (TPSA) is 101 Å². The highest BCUT2D eigenvalue weighted by Gasteiger charge is 2.49. The van der Waals surface area contributed by atoms with Gasteiger partial charge in [-0.15, -0.1) is 0 Å². The number of hydrogen-bond acceptors (Lipinski definition) is 7. The van der Waals surface area contributed by atoms with E-state index in [0.717, 1.165) is 11.1 Å². The first kappa shape index (κ1) is 22.0. The van der Waals surface area contributed by atoms with Gasteiger partial charge >= 0.3 is 0 Å². The minimum absolute atomic E-state index is 0.0345. The van der Waals surface area contributed by atoms with Gasteiger partial charge in [-0.1, -0.05) is 0 Å². The fourth-order valence-electron chi connectivity index (χ4n) is 4.11. The fraction of sp³-hybridized carbons (Fsp3) is 0.632. The van der Waals surface area contributed by atoms with Crippen molar-refractivity contribution < 1.29 is 26.4 Å². The Labute approximate surface area is 172 Å². The van der Waals surface area contributed by atoms with Crippen molar-refractivity contribution in [1.29, 1.82) is 0 Å². The molecule has 2 fully saturated rings. The summed E-state index contributed by atoms with van der Waals surface area (Å²) in [5.41, 5.74) is 1.70. The highest BCUT2D eigenvalue weighted by molar-refractivity contribution is 7.96. The summed E-state index contributed by atoms with van der Waals surface area (Å²) in [6, 6.07) is 2.61. The second-order valence-corrected chi connectivity index (χ2v) is 12.1. The zero-order chi connectivity index (χ0) is 21.6. The molecule has 1 aromatic carbocycles. The van der Waals surface area contributed by atoms with Gasteiger partial charge < -0.3 is 9.64 Å². The molecule has 1 amide bonds.